The van der Waals surface area contributed by atoms with E-state index in [1.165, 1.54) is 5.69 Å². The molecule has 0 amide bonds. The van der Waals surface area contributed by atoms with Gasteiger partial charge in [0.05, 0.1) is 21.4 Å². The van der Waals surface area contributed by atoms with Crippen molar-refractivity contribution in [2.45, 2.75) is 6.92 Å². The molecule has 1 aromatic heterocycles. The van der Waals surface area contributed by atoms with E-state index in [-0.39, 0.29) is 0 Å². The fourth-order valence-electron chi connectivity index (χ4n) is 2.51. The Labute approximate surface area is 126 Å². The van der Waals surface area contributed by atoms with E-state index < -0.39 is 0 Å². The molecule has 1 fully saturated rings. The summed E-state index contributed by atoms with van der Waals surface area (Å²) in [4.78, 5) is 7.03. The minimum Gasteiger partial charge on any atom is -0.367 e. The Morgan fingerprint density at radius 3 is 2.79 bits per heavy atom. The Morgan fingerprint density at radius 1 is 1.32 bits per heavy atom. The molecule has 19 heavy (non-hydrogen) atoms. The lowest BCUT2D eigenvalue weighted by Gasteiger charge is -2.31. The molecule has 100 valence electrons. The first-order valence-corrected chi connectivity index (χ1v) is 7.55. The monoisotopic (exact) mass is 339 g/mol. The Balaban J connectivity index is 2.22. The standard InChI is InChI=1S/C14H15BrClN3/c1-9-13(15)14(19-6-4-17-5-7-19)11-3-2-10(16)8-12(11)18-9/h2-3,8,17H,4-7H2,1H3. The van der Waals surface area contributed by atoms with E-state index in [9.17, 15) is 0 Å². The Bertz CT molecular complexity index is 624. The predicted octanol–water partition coefficient (Wildman–Crippen LogP) is 3.37. The second-order valence-electron chi connectivity index (χ2n) is 4.76. The Kier molecular flexibility index (Phi) is 3.65. The van der Waals surface area contributed by atoms with Crippen LogP contribution >= 0.6 is 27.5 Å². The van der Waals surface area contributed by atoms with Crippen LogP contribution in [0.1, 0.15) is 5.69 Å². The summed E-state index contributed by atoms with van der Waals surface area (Å²) in [5.74, 6) is 0. The van der Waals surface area contributed by atoms with Crippen LogP contribution in [-0.4, -0.2) is 31.2 Å². The number of hydrogen-bond donors (Lipinski definition) is 1. The third-order valence-corrected chi connectivity index (χ3v) is 4.65. The summed E-state index contributed by atoms with van der Waals surface area (Å²) in [6.45, 7) is 6.08. The van der Waals surface area contributed by atoms with Gasteiger partial charge in [-0.05, 0) is 41.1 Å². The minimum atomic E-state index is 0.730. The molecule has 2 aromatic rings. The van der Waals surface area contributed by atoms with E-state index >= 15 is 0 Å². The van der Waals surface area contributed by atoms with Crippen molar-refractivity contribution in [1.82, 2.24) is 10.3 Å². The molecule has 0 spiro atoms. The molecule has 0 aliphatic carbocycles. The van der Waals surface area contributed by atoms with Crippen molar-refractivity contribution in [1.29, 1.82) is 0 Å². The molecule has 0 unspecified atom stereocenters. The average Bonchev–Trinajstić information content (AvgIpc) is 2.41. The molecule has 1 aliphatic rings. The molecule has 3 nitrogen and oxygen atoms in total. The number of fused-ring (bicyclic) bond motifs is 1. The molecule has 0 atom stereocenters. The summed E-state index contributed by atoms with van der Waals surface area (Å²) in [6.07, 6.45) is 0. The minimum absolute atomic E-state index is 0.730. The van der Waals surface area contributed by atoms with Gasteiger partial charge >= 0.3 is 0 Å². The van der Waals surface area contributed by atoms with E-state index in [1.54, 1.807) is 0 Å². The van der Waals surface area contributed by atoms with Gasteiger partial charge in [0.1, 0.15) is 0 Å². The van der Waals surface area contributed by atoms with E-state index in [0.29, 0.717) is 0 Å². The lowest BCUT2D eigenvalue weighted by molar-refractivity contribution is 0.589. The number of pyridine rings is 1. The van der Waals surface area contributed by atoms with Crippen molar-refractivity contribution < 1.29 is 0 Å². The molecule has 1 aliphatic heterocycles. The van der Waals surface area contributed by atoms with Crippen LogP contribution < -0.4 is 10.2 Å². The molecule has 1 saturated heterocycles. The lowest BCUT2D eigenvalue weighted by atomic mass is 10.1. The van der Waals surface area contributed by atoms with Crippen molar-refractivity contribution in [3.05, 3.63) is 33.4 Å². The smallest absolute Gasteiger partial charge is 0.0741 e. The zero-order valence-corrected chi connectivity index (χ0v) is 13.1. The quantitative estimate of drug-likeness (QED) is 0.863. The van der Waals surface area contributed by atoms with Crippen LogP contribution in [0.3, 0.4) is 0 Å². The van der Waals surface area contributed by atoms with E-state index in [4.69, 9.17) is 11.6 Å². The van der Waals surface area contributed by atoms with Gasteiger partial charge in [-0.2, -0.15) is 0 Å². The number of piperazine rings is 1. The van der Waals surface area contributed by atoms with Gasteiger partial charge in [-0.15, -0.1) is 0 Å². The molecule has 0 saturated carbocycles. The normalized spacial score (nSPS) is 16.1. The predicted molar refractivity (Wildman–Crippen MR) is 84.3 cm³/mol. The van der Waals surface area contributed by atoms with E-state index in [0.717, 1.165) is 52.3 Å². The van der Waals surface area contributed by atoms with Crippen LogP contribution in [-0.2, 0) is 0 Å². The molecule has 5 heteroatoms. The van der Waals surface area contributed by atoms with Gasteiger partial charge in [0.15, 0.2) is 0 Å². The summed E-state index contributed by atoms with van der Waals surface area (Å²) in [6, 6.07) is 5.92. The van der Waals surface area contributed by atoms with Crippen LogP contribution in [0.2, 0.25) is 5.02 Å². The van der Waals surface area contributed by atoms with E-state index in [1.807, 2.05) is 19.1 Å². The fraction of sp³-hybridized carbons (Fsp3) is 0.357. The molecule has 2 heterocycles. The third kappa shape index (κ3) is 2.45. The average molecular weight is 341 g/mol. The van der Waals surface area contributed by atoms with Crippen LogP contribution in [0.15, 0.2) is 22.7 Å². The summed E-state index contributed by atoms with van der Waals surface area (Å²) < 4.78 is 1.09. The summed E-state index contributed by atoms with van der Waals surface area (Å²) >= 11 is 9.77. The number of nitrogens with zero attached hydrogens (tertiary/aromatic N) is 2. The largest absolute Gasteiger partial charge is 0.367 e. The van der Waals surface area contributed by atoms with Crippen LogP contribution in [0.25, 0.3) is 10.9 Å². The van der Waals surface area contributed by atoms with Crippen LogP contribution in [0.4, 0.5) is 5.69 Å². The maximum absolute atomic E-state index is 6.07. The van der Waals surface area contributed by atoms with Crippen LogP contribution in [0, 0.1) is 6.92 Å². The Hall–Kier alpha value is -0.840. The molecule has 0 bridgehead atoms. The summed E-state index contributed by atoms with van der Waals surface area (Å²) in [5.41, 5.74) is 3.20. The maximum atomic E-state index is 6.07. The molecular formula is C14H15BrClN3. The van der Waals surface area contributed by atoms with E-state index in [2.05, 4.69) is 37.2 Å². The van der Waals surface area contributed by atoms with Gasteiger partial charge in [-0.25, -0.2) is 0 Å². The maximum Gasteiger partial charge on any atom is 0.0741 e. The first-order valence-electron chi connectivity index (χ1n) is 6.38. The summed E-state index contributed by atoms with van der Waals surface area (Å²) in [7, 11) is 0. The highest BCUT2D eigenvalue weighted by Gasteiger charge is 2.18. The van der Waals surface area contributed by atoms with Gasteiger partial charge in [0, 0.05) is 36.6 Å². The second kappa shape index (κ2) is 5.27. The molecule has 3 rings (SSSR count). The van der Waals surface area contributed by atoms with Crippen molar-refractivity contribution in [2.24, 2.45) is 0 Å². The second-order valence-corrected chi connectivity index (χ2v) is 5.99. The van der Waals surface area contributed by atoms with Crippen molar-refractivity contribution >= 4 is 44.1 Å². The van der Waals surface area contributed by atoms with Gasteiger partial charge < -0.3 is 10.2 Å². The number of aryl methyl sites for hydroxylation is 1. The number of rotatable bonds is 1. The van der Waals surface area contributed by atoms with Crippen LogP contribution in [0.5, 0.6) is 0 Å². The van der Waals surface area contributed by atoms with Gasteiger partial charge in [-0.3, -0.25) is 4.98 Å². The van der Waals surface area contributed by atoms with Gasteiger partial charge in [0.25, 0.3) is 0 Å². The molecular weight excluding hydrogens is 326 g/mol. The number of anilines is 1. The highest BCUT2D eigenvalue weighted by molar-refractivity contribution is 9.10. The topological polar surface area (TPSA) is 28.2 Å². The highest BCUT2D eigenvalue weighted by Crippen LogP contribution is 2.36. The van der Waals surface area contributed by atoms with Crippen molar-refractivity contribution in [3.63, 3.8) is 0 Å². The highest BCUT2D eigenvalue weighted by atomic mass is 79.9. The number of hydrogen-bond acceptors (Lipinski definition) is 3. The molecule has 0 radical (unpaired) electrons. The zero-order chi connectivity index (χ0) is 13.4. The number of halogens is 2. The Morgan fingerprint density at radius 2 is 2.05 bits per heavy atom. The lowest BCUT2D eigenvalue weighted by Crippen LogP contribution is -2.43. The fourth-order valence-corrected chi connectivity index (χ4v) is 3.23. The molecule has 1 N–H and O–H groups in total. The summed E-state index contributed by atoms with van der Waals surface area (Å²) in [5, 5.41) is 5.27. The number of nitrogens with one attached hydrogen (secondary N) is 1. The van der Waals surface area contributed by atoms with Crippen molar-refractivity contribution in [3.8, 4) is 0 Å². The first-order chi connectivity index (χ1) is 9.16. The van der Waals surface area contributed by atoms with Gasteiger partial charge in [0.2, 0.25) is 0 Å². The van der Waals surface area contributed by atoms with Crippen molar-refractivity contribution in [2.75, 3.05) is 31.1 Å². The molecule has 1 aromatic carbocycles. The third-order valence-electron chi connectivity index (χ3n) is 3.46. The zero-order valence-electron chi connectivity index (χ0n) is 10.7. The SMILES string of the molecule is Cc1nc2cc(Cl)ccc2c(N2CCNCC2)c1Br. The van der Waals surface area contributed by atoms with Gasteiger partial charge in [-0.1, -0.05) is 11.6 Å². The first kappa shape index (κ1) is 13.2. The number of benzene rings is 1. The number of aromatic nitrogens is 1.